The van der Waals surface area contributed by atoms with Crippen LogP contribution in [0.15, 0.2) is 94.7 Å². The zero-order chi connectivity index (χ0) is 35.2. The molecule has 260 valence electrons. The molecule has 2 N–H and O–H groups in total. The molecule has 0 aliphatic heterocycles. The van der Waals surface area contributed by atoms with Crippen molar-refractivity contribution in [3.05, 3.63) is 96.1 Å². The number of aromatic hydroxyl groups is 1. The van der Waals surface area contributed by atoms with Crippen molar-refractivity contribution in [1.82, 2.24) is 0 Å². The first-order valence-corrected chi connectivity index (χ1v) is 18.8. The summed E-state index contributed by atoms with van der Waals surface area (Å²) in [7, 11) is -8.76. The van der Waals surface area contributed by atoms with Gasteiger partial charge >= 0.3 is 37.7 Å². The fraction of sp³-hybridized carbons (Fsp3) is 0.333. The topological polar surface area (TPSA) is 173 Å². The van der Waals surface area contributed by atoms with Crippen molar-refractivity contribution in [2.24, 2.45) is 0 Å². The molecule has 4 aromatic rings. The molecule has 4 aromatic carbocycles. The minimum absolute atomic E-state index is 0. The number of hydrogen-bond donors (Lipinski definition) is 2. The quantitative estimate of drug-likeness (QED) is 0.0657. The maximum absolute atomic E-state index is 11.4. The van der Waals surface area contributed by atoms with E-state index >= 15 is 0 Å². The second kappa shape index (κ2) is 20.7. The zero-order valence-electron chi connectivity index (χ0n) is 27.8. The summed E-state index contributed by atoms with van der Waals surface area (Å²) in [6.07, 6.45) is 9.49. The number of phenols is 1. The van der Waals surface area contributed by atoms with Crippen LogP contribution >= 0.6 is 0 Å². The number of hydrogen-bond acceptors (Lipinski definition) is 9. The Hall–Kier alpha value is -2.84. The molecule has 0 spiro atoms. The minimum Gasteiger partial charge on any atom is -0.872 e. The van der Waals surface area contributed by atoms with Gasteiger partial charge in [-0.2, -0.15) is 8.42 Å². The Morgan fingerprint density at radius 1 is 0.633 bits per heavy atom. The largest absolute Gasteiger partial charge is 2.00 e. The second-order valence-corrected chi connectivity index (χ2v) is 14.1. The van der Waals surface area contributed by atoms with Crippen molar-refractivity contribution in [3.63, 3.8) is 0 Å². The molecule has 0 bridgehead atoms. The predicted molar refractivity (Wildman–Crippen MR) is 186 cm³/mol. The third-order valence-corrected chi connectivity index (χ3v) is 9.01. The van der Waals surface area contributed by atoms with Crippen LogP contribution in [0.4, 0.5) is 0 Å². The van der Waals surface area contributed by atoms with Crippen LogP contribution in [-0.4, -0.2) is 68.8 Å². The van der Waals surface area contributed by atoms with Crippen LogP contribution in [0.2, 0.25) is 0 Å². The van der Waals surface area contributed by atoms with E-state index in [2.05, 4.69) is 13.8 Å². The van der Waals surface area contributed by atoms with Gasteiger partial charge in [-0.3, -0.25) is 4.55 Å². The molecule has 0 atom stereocenters. The van der Waals surface area contributed by atoms with Gasteiger partial charge in [0, 0.05) is 6.07 Å². The molecule has 0 saturated carbocycles. The summed E-state index contributed by atoms with van der Waals surface area (Å²) in [6, 6.07) is 20.8. The summed E-state index contributed by atoms with van der Waals surface area (Å²) in [6.45, 7) is 4.23. The summed E-state index contributed by atoms with van der Waals surface area (Å²) in [4.78, 5) is -0.408. The van der Waals surface area contributed by atoms with E-state index in [0.717, 1.165) is 51.4 Å². The van der Waals surface area contributed by atoms with E-state index in [1.54, 1.807) is 30.3 Å². The second-order valence-electron chi connectivity index (χ2n) is 11.3. The Kier molecular flexibility index (Phi) is 17.9. The van der Waals surface area contributed by atoms with Crippen LogP contribution in [0.3, 0.4) is 0 Å². The molecule has 0 amide bonds. The molecule has 13 heteroatoms. The van der Waals surface area contributed by atoms with E-state index in [1.165, 1.54) is 54.6 Å². The Balaban J connectivity index is 0.000000333. The van der Waals surface area contributed by atoms with Crippen molar-refractivity contribution in [3.8, 4) is 34.5 Å². The molecule has 0 fully saturated rings. The Labute approximate surface area is 319 Å². The van der Waals surface area contributed by atoms with E-state index in [-0.39, 0.29) is 59.0 Å². The van der Waals surface area contributed by atoms with Crippen molar-refractivity contribution in [1.29, 1.82) is 0 Å². The van der Waals surface area contributed by atoms with Gasteiger partial charge in [-0.05, 0) is 97.5 Å². The molecule has 4 rings (SSSR count). The van der Waals surface area contributed by atoms with Crippen LogP contribution in [0, 0.1) is 0 Å². The van der Waals surface area contributed by atoms with Gasteiger partial charge in [-0.1, -0.05) is 70.6 Å². The van der Waals surface area contributed by atoms with Crippen molar-refractivity contribution < 1.29 is 45.6 Å². The van der Waals surface area contributed by atoms with Crippen molar-refractivity contribution >= 4 is 58.0 Å². The standard InChI is InChI=1S/2C18H22O5S.Ca/c2*1-2-3-4-5-7-14-12-17(24(20,21)22)10-11-18(14)23-16-9-6-8-15(19)13-16;/h2*6,8-13,19H,2-5,7H2,1H3,(H,20,21,22);/q;;+2/p-2. The molecular formula is C36H42CaO10S2. The van der Waals surface area contributed by atoms with Crippen molar-refractivity contribution in [2.45, 2.75) is 87.8 Å². The number of unbranched alkanes of at least 4 members (excludes halogenated alkanes) is 6. The Bertz CT molecular complexity index is 1710. The van der Waals surface area contributed by atoms with E-state index in [1.807, 2.05) is 0 Å². The molecule has 0 aliphatic carbocycles. The minimum atomic E-state index is -4.51. The first-order valence-electron chi connectivity index (χ1n) is 15.9. The molecule has 0 heterocycles. The van der Waals surface area contributed by atoms with Crippen molar-refractivity contribution in [2.75, 3.05) is 0 Å². The van der Waals surface area contributed by atoms with Gasteiger partial charge in [0.05, 0.1) is 9.79 Å². The Morgan fingerprint density at radius 2 is 1.12 bits per heavy atom. The third-order valence-electron chi connectivity index (χ3n) is 7.33. The number of aryl methyl sites for hydroxylation is 2. The molecule has 0 aliphatic rings. The summed E-state index contributed by atoms with van der Waals surface area (Å²) in [5.41, 5.74) is 1.36. The number of benzene rings is 4. The van der Waals surface area contributed by atoms with Gasteiger partial charge in [0.15, 0.2) is 0 Å². The predicted octanol–water partition coefficient (Wildman–Crippen LogP) is 7.75. The monoisotopic (exact) mass is 738 g/mol. The molecular weight excluding hydrogens is 697 g/mol. The summed E-state index contributed by atoms with van der Waals surface area (Å²) in [5, 5.41) is 20.9. The summed E-state index contributed by atoms with van der Waals surface area (Å²) >= 11 is 0. The Morgan fingerprint density at radius 3 is 1.59 bits per heavy atom. The molecule has 0 radical (unpaired) electrons. The molecule has 0 saturated heterocycles. The maximum atomic E-state index is 11.4. The first-order chi connectivity index (χ1) is 22.8. The maximum Gasteiger partial charge on any atom is 2.00 e. The van der Waals surface area contributed by atoms with Gasteiger partial charge in [0.25, 0.3) is 10.1 Å². The van der Waals surface area contributed by atoms with E-state index in [4.69, 9.17) is 9.47 Å². The van der Waals surface area contributed by atoms with Gasteiger partial charge in [0.1, 0.15) is 38.9 Å². The smallest absolute Gasteiger partial charge is 0.872 e. The normalized spacial score (nSPS) is 11.2. The van der Waals surface area contributed by atoms with E-state index in [0.29, 0.717) is 47.0 Å². The number of rotatable bonds is 16. The average molecular weight is 739 g/mol. The van der Waals surface area contributed by atoms with Crippen LogP contribution in [-0.2, 0) is 33.1 Å². The third kappa shape index (κ3) is 14.9. The van der Waals surface area contributed by atoms with Crippen LogP contribution in [0.1, 0.15) is 76.3 Å². The summed E-state index contributed by atoms with van der Waals surface area (Å²) < 4.78 is 77.2. The van der Waals surface area contributed by atoms with Gasteiger partial charge in [-0.15, -0.1) is 5.75 Å². The average Bonchev–Trinajstić information content (AvgIpc) is 3.02. The van der Waals surface area contributed by atoms with Gasteiger partial charge in [0.2, 0.25) is 0 Å². The van der Waals surface area contributed by atoms with Gasteiger partial charge < -0.3 is 24.2 Å². The molecule has 0 aromatic heterocycles. The van der Waals surface area contributed by atoms with Crippen LogP contribution in [0.25, 0.3) is 0 Å². The zero-order valence-corrected chi connectivity index (χ0v) is 31.7. The number of ether oxygens (including phenoxy) is 2. The molecule has 49 heavy (non-hydrogen) atoms. The fourth-order valence-corrected chi connectivity index (χ4v) is 5.89. The van der Waals surface area contributed by atoms with Crippen LogP contribution in [0.5, 0.6) is 34.5 Å². The van der Waals surface area contributed by atoms with E-state index < -0.39 is 20.2 Å². The summed E-state index contributed by atoms with van der Waals surface area (Å²) in [5.74, 6) is 1.75. The first kappa shape index (κ1) is 42.3. The molecule has 0 unspecified atom stereocenters. The van der Waals surface area contributed by atoms with Crippen LogP contribution < -0.4 is 14.6 Å². The van der Waals surface area contributed by atoms with E-state index in [9.17, 15) is 36.2 Å². The number of phenolic OH excluding ortho intramolecular Hbond substituents is 1. The van der Waals surface area contributed by atoms with Gasteiger partial charge in [-0.25, -0.2) is 8.42 Å². The SMILES string of the molecule is CCCCCCc1cc(S(=O)(=O)O)ccc1Oc1cccc(O)c1.CCCCCCc1cc(S(=O)(=O)[O-])ccc1Oc1cccc([O-])c1.[Ca+2]. The fourth-order valence-electron chi connectivity index (χ4n) is 4.84. The molecule has 10 nitrogen and oxygen atoms in total.